The number of anilines is 4. The maximum atomic E-state index is 12.7. The lowest BCUT2D eigenvalue weighted by atomic mass is 10.0. The molecule has 4 amide bonds. The molecule has 1 aliphatic heterocycles. The number of hydrogen-bond acceptors (Lipinski definition) is 10. The number of pyridine rings is 1. The summed E-state index contributed by atoms with van der Waals surface area (Å²) >= 11 is 6.53. The number of unbranched alkanes of at least 4 members (excludes halogenated alkanes) is 6. The molecule has 3 heterocycles. The molecule has 1 fully saturated rings. The van der Waals surface area contributed by atoms with Gasteiger partial charge in [-0.15, -0.1) is 0 Å². The van der Waals surface area contributed by atoms with Gasteiger partial charge in [-0.05, 0) is 66.8 Å². The molecule has 1 atom stereocenters. The van der Waals surface area contributed by atoms with Crippen molar-refractivity contribution in [2.45, 2.75) is 70.3 Å². The second-order valence-corrected chi connectivity index (χ2v) is 14.4. The Kier molecular flexibility index (Phi) is 15.1. The summed E-state index contributed by atoms with van der Waals surface area (Å²) < 4.78 is 5.58. The van der Waals surface area contributed by atoms with E-state index in [2.05, 4.69) is 53.7 Å². The van der Waals surface area contributed by atoms with Crippen LogP contribution in [-0.2, 0) is 19.2 Å². The summed E-state index contributed by atoms with van der Waals surface area (Å²) in [5.41, 5.74) is 5.55. The number of carbonyl (C=O) groups excluding carboxylic acids is 4. The average molecular weight is 803 g/mol. The molecule has 0 aliphatic carbocycles. The summed E-state index contributed by atoms with van der Waals surface area (Å²) in [5.74, 6) is 0.0554. The Morgan fingerprint density at radius 1 is 0.759 bits per heavy atom. The number of rotatable bonds is 20. The van der Waals surface area contributed by atoms with Gasteiger partial charge in [0.05, 0.1) is 40.7 Å². The highest BCUT2D eigenvalue weighted by Crippen LogP contribution is 2.31. The molecule has 300 valence electrons. The minimum absolute atomic E-state index is 0.0687. The van der Waals surface area contributed by atoms with E-state index < -0.39 is 6.04 Å². The van der Waals surface area contributed by atoms with Crippen LogP contribution < -0.4 is 31.3 Å². The van der Waals surface area contributed by atoms with Gasteiger partial charge in [0, 0.05) is 30.6 Å². The fourth-order valence-corrected chi connectivity index (χ4v) is 6.64. The SMILES string of the molecule is O=C(COc1ccc(NC2CCC(=O)NC2=O)cc1)NCCCCCCCCCC(=O)Nc1cncc(Nc2ncc(Cl)c(-c3cccc(-c4ccccc4)c3)n2)c1. The summed E-state index contributed by atoms with van der Waals surface area (Å²) in [6.07, 6.45) is 12.8. The molecule has 0 radical (unpaired) electrons. The van der Waals surface area contributed by atoms with Crippen molar-refractivity contribution in [2.75, 3.05) is 29.1 Å². The lowest BCUT2D eigenvalue weighted by Crippen LogP contribution is -2.47. The molecule has 1 saturated heterocycles. The molecule has 1 unspecified atom stereocenters. The zero-order chi connectivity index (χ0) is 40.5. The summed E-state index contributed by atoms with van der Waals surface area (Å²) in [5, 5.41) is 14.9. The number of imide groups is 1. The molecule has 13 nitrogen and oxygen atoms in total. The van der Waals surface area contributed by atoms with Crippen LogP contribution in [0.2, 0.25) is 5.02 Å². The fourth-order valence-electron chi connectivity index (χ4n) is 6.44. The number of aromatic nitrogens is 3. The van der Waals surface area contributed by atoms with Crippen molar-refractivity contribution < 1.29 is 23.9 Å². The van der Waals surface area contributed by atoms with Crippen molar-refractivity contribution >= 4 is 58.2 Å². The Hall–Kier alpha value is -6.34. The highest BCUT2D eigenvalue weighted by Gasteiger charge is 2.26. The number of piperidine rings is 1. The molecule has 5 N–H and O–H groups in total. The van der Waals surface area contributed by atoms with Crippen molar-refractivity contribution in [3.63, 3.8) is 0 Å². The topological polar surface area (TPSA) is 176 Å². The molecule has 14 heteroatoms. The summed E-state index contributed by atoms with van der Waals surface area (Å²) in [7, 11) is 0. The van der Waals surface area contributed by atoms with Crippen molar-refractivity contribution in [2.24, 2.45) is 0 Å². The van der Waals surface area contributed by atoms with Crippen LogP contribution in [0.4, 0.5) is 23.0 Å². The summed E-state index contributed by atoms with van der Waals surface area (Å²) in [6.45, 7) is 0.498. The molecule has 0 saturated carbocycles. The Morgan fingerprint density at radius 3 is 2.28 bits per heavy atom. The predicted molar refractivity (Wildman–Crippen MR) is 226 cm³/mol. The number of carbonyl (C=O) groups is 4. The van der Waals surface area contributed by atoms with Crippen LogP contribution in [0.25, 0.3) is 22.4 Å². The average Bonchev–Trinajstić information content (AvgIpc) is 3.23. The monoisotopic (exact) mass is 802 g/mol. The van der Waals surface area contributed by atoms with Gasteiger partial charge in [-0.3, -0.25) is 29.5 Å². The van der Waals surface area contributed by atoms with Gasteiger partial charge in [0.2, 0.25) is 23.7 Å². The highest BCUT2D eigenvalue weighted by molar-refractivity contribution is 6.33. The van der Waals surface area contributed by atoms with Crippen LogP contribution in [0, 0.1) is 0 Å². The quantitative estimate of drug-likeness (QED) is 0.0382. The molecule has 0 spiro atoms. The molecule has 6 rings (SSSR count). The van der Waals surface area contributed by atoms with Gasteiger partial charge in [0.25, 0.3) is 5.91 Å². The standard InChI is InChI=1S/C44H47ClN8O5/c45-37-28-48-44(53-42(37)32-15-11-14-31(24-32)30-12-7-6-8-13-30)51-35-25-34(26-46-27-35)50-39(54)16-9-4-2-1-3-5-10-23-47-41(56)29-58-36-19-17-33(18-20-36)49-38-21-22-40(55)52-43(38)57/h6-8,11-15,17-20,24-28,38,49H,1-5,9-10,16,21-23,29H2,(H,47,56)(H,50,54)(H,48,51,53)(H,52,55,57). The first-order chi connectivity index (χ1) is 28.3. The van der Waals surface area contributed by atoms with Crippen LogP contribution in [0.1, 0.15) is 64.2 Å². The first kappa shape index (κ1) is 41.3. The first-order valence-corrected chi connectivity index (χ1v) is 20.0. The van der Waals surface area contributed by atoms with Gasteiger partial charge in [-0.2, -0.15) is 0 Å². The van der Waals surface area contributed by atoms with Gasteiger partial charge < -0.3 is 26.0 Å². The predicted octanol–water partition coefficient (Wildman–Crippen LogP) is 8.07. The number of nitrogens with one attached hydrogen (secondary N) is 5. The normalized spacial score (nSPS) is 13.6. The van der Waals surface area contributed by atoms with E-state index in [9.17, 15) is 19.2 Å². The maximum absolute atomic E-state index is 12.7. The lowest BCUT2D eigenvalue weighted by molar-refractivity contribution is -0.133. The number of ether oxygens (including phenoxy) is 1. The van der Waals surface area contributed by atoms with Crippen molar-refractivity contribution in [3.05, 3.63) is 109 Å². The van der Waals surface area contributed by atoms with Crippen LogP contribution in [-0.4, -0.2) is 57.8 Å². The minimum Gasteiger partial charge on any atom is -0.484 e. The van der Waals surface area contributed by atoms with Gasteiger partial charge >= 0.3 is 0 Å². The summed E-state index contributed by atoms with van der Waals surface area (Å²) in [4.78, 5) is 61.5. The maximum Gasteiger partial charge on any atom is 0.257 e. The number of halogens is 1. The first-order valence-electron chi connectivity index (χ1n) is 19.6. The Morgan fingerprint density at radius 2 is 1.48 bits per heavy atom. The third kappa shape index (κ3) is 12.8. The van der Waals surface area contributed by atoms with Crippen LogP contribution in [0.15, 0.2) is 104 Å². The fraction of sp³-hybridized carbons (Fsp3) is 0.295. The zero-order valence-corrected chi connectivity index (χ0v) is 32.9. The molecule has 58 heavy (non-hydrogen) atoms. The van der Waals surface area contributed by atoms with Gasteiger partial charge in [0.1, 0.15) is 11.8 Å². The molecule has 2 aromatic heterocycles. The van der Waals surface area contributed by atoms with Crippen LogP contribution in [0.5, 0.6) is 5.75 Å². The van der Waals surface area contributed by atoms with E-state index in [1.54, 1.807) is 48.9 Å². The second-order valence-electron chi connectivity index (χ2n) is 14.0. The van der Waals surface area contributed by atoms with Crippen molar-refractivity contribution in [1.29, 1.82) is 0 Å². The molecular weight excluding hydrogens is 756 g/mol. The Labute approximate surface area is 342 Å². The molecule has 0 bridgehead atoms. The van der Waals surface area contributed by atoms with Crippen LogP contribution in [0.3, 0.4) is 0 Å². The molecular formula is C44H47ClN8O5. The van der Waals surface area contributed by atoms with E-state index in [-0.39, 0.29) is 30.2 Å². The van der Waals surface area contributed by atoms with E-state index in [0.717, 1.165) is 67.3 Å². The Bertz CT molecular complexity index is 2170. The summed E-state index contributed by atoms with van der Waals surface area (Å²) in [6, 6.07) is 26.5. The largest absolute Gasteiger partial charge is 0.484 e. The molecule has 5 aromatic rings. The van der Waals surface area contributed by atoms with E-state index >= 15 is 0 Å². The van der Waals surface area contributed by atoms with Gasteiger partial charge in [0.15, 0.2) is 6.61 Å². The molecule has 3 aromatic carbocycles. The third-order valence-corrected chi connectivity index (χ3v) is 9.75. The smallest absolute Gasteiger partial charge is 0.257 e. The van der Waals surface area contributed by atoms with E-state index in [1.165, 1.54) is 0 Å². The van der Waals surface area contributed by atoms with Gasteiger partial charge in [-0.25, -0.2) is 9.97 Å². The number of hydrogen-bond donors (Lipinski definition) is 5. The number of amides is 4. The molecule has 1 aliphatic rings. The zero-order valence-electron chi connectivity index (χ0n) is 32.1. The van der Waals surface area contributed by atoms with Gasteiger partial charge in [-0.1, -0.05) is 92.2 Å². The minimum atomic E-state index is -0.461. The Balaban J connectivity index is 0.812. The van der Waals surface area contributed by atoms with E-state index in [1.807, 2.05) is 42.5 Å². The third-order valence-electron chi connectivity index (χ3n) is 9.47. The highest BCUT2D eigenvalue weighted by atomic mass is 35.5. The van der Waals surface area contributed by atoms with Crippen molar-refractivity contribution in [3.8, 4) is 28.1 Å². The number of nitrogens with zero attached hydrogens (tertiary/aromatic N) is 3. The van der Waals surface area contributed by atoms with Crippen LogP contribution >= 0.6 is 11.6 Å². The van der Waals surface area contributed by atoms with E-state index in [4.69, 9.17) is 16.3 Å². The van der Waals surface area contributed by atoms with E-state index in [0.29, 0.717) is 59.6 Å². The lowest BCUT2D eigenvalue weighted by Gasteiger charge is -2.22. The second kappa shape index (κ2) is 21.3. The van der Waals surface area contributed by atoms with Crippen molar-refractivity contribution in [1.82, 2.24) is 25.6 Å². The number of benzene rings is 3.